The minimum atomic E-state index is -0.196. The molecule has 1 heterocycles. The van der Waals surface area contributed by atoms with Gasteiger partial charge in [0.2, 0.25) is 0 Å². The highest BCUT2D eigenvalue weighted by Crippen LogP contribution is 2.30. The Kier molecular flexibility index (Phi) is 5.07. The molecule has 1 N–H and O–H groups in total. The molecule has 0 aliphatic heterocycles. The molecular weight excluding hydrogens is 277 g/mol. The summed E-state index contributed by atoms with van der Waals surface area (Å²) in [6.07, 6.45) is 0.964. The number of hydrogen-bond acceptors (Lipinski definition) is 2. The Bertz CT molecular complexity index is 600. The lowest BCUT2D eigenvalue weighted by atomic mass is 9.83. The molecule has 2 nitrogen and oxygen atoms in total. The molecule has 0 saturated heterocycles. The molecule has 2 atom stereocenters. The number of halogens is 1. The lowest BCUT2D eigenvalue weighted by Gasteiger charge is -2.29. The van der Waals surface area contributed by atoms with Crippen molar-refractivity contribution >= 4 is 0 Å². The third kappa shape index (κ3) is 4.20. The maximum atomic E-state index is 13.0. The Morgan fingerprint density at radius 3 is 2.27 bits per heavy atom. The minimum Gasteiger partial charge on any atom is -0.466 e. The summed E-state index contributed by atoms with van der Waals surface area (Å²) in [7, 11) is 0. The van der Waals surface area contributed by atoms with Gasteiger partial charge in [-0.3, -0.25) is 0 Å². The van der Waals surface area contributed by atoms with Gasteiger partial charge in [0.25, 0.3) is 0 Å². The molecule has 0 saturated carbocycles. The second-order valence-electron chi connectivity index (χ2n) is 6.84. The fourth-order valence-corrected chi connectivity index (χ4v) is 3.00. The normalized spacial score (nSPS) is 14.8. The van der Waals surface area contributed by atoms with Crippen LogP contribution in [0, 0.1) is 12.7 Å². The predicted octanol–water partition coefficient (Wildman–Crippen LogP) is 5.13. The topological polar surface area (TPSA) is 25.2 Å². The number of rotatable bonds is 6. The van der Waals surface area contributed by atoms with Crippen molar-refractivity contribution in [1.82, 2.24) is 5.32 Å². The van der Waals surface area contributed by atoms with Gasteiger partial charge in [0.05, 0.1) is 0 Å². The van der Waals surface area contributed by atoms with E-state index < -0.39 is 0 Å². The molecule has 22 heavy (non-hydrogen) atoms. The highest BCUT2D eigenvalue weighted by Gasteiger charge is 2.27. The second kappa shape index (κ2) is 6.66. The van der Waals surface area contributed by atoms with E-state index >= 15 is 0 Å². The van der Waals surface area contributed by atoms with Crippen LogP contribution in [-0.4, -0.2) is 6.04 Å². The number of nitrogens with one attached hydrogen (secondary N) is 1. The van der Waals surface area contributed by atoms with Gasteiger partial charge in [0, 0.05) is 17.5 Å². The highest BCUT2D eigenvalue weighted by molar-refractivity contribution is 5.20. The molecule has 2 rings (SSSR count). The van der Waals surface area contributed by atoms with Gasteiger partial charge >= 0.3 is 0 Å². The Balaban J connectivity index is 1.97. The van der Waals surface area contributed by atoms with Gasteiger partial charge in [-0.25, -0.2) is 4.39 Å². The van der Waals surface area contributed by atoms with Gasteiger partial charge < -0.3 is 9.73 Å². The summed E-state index contributed by atoms with van der Waals surface area (Å²) in [6, 6.07) is 11.3. The van der Waals surface area contributed by atoms with Crippen molar-refractivity contribution in [2.24, 2.45) is 0 Å². The van der Waals surface area contributed by atoms with Gasteiger partial charge in [-0.1, -0.05) is 26.0 Å². The standard InChI is InChI=1S/C19H26FNO/c1-13(12-19(4,5)18-11-6-14(2)22-18)21-15(3)16-7-9-17(20)10-8-16/h6-11,13,15,21H,12H2,1-5H3. The maximum Gasteiger partial charge on any atom is 0.123 e. The fourth-order valence-electron chi connectivity index (χ4n) is 3.00. The molecule has 1 aromatic carbocycles. The van der Waals surface area contributed by atoms with Crippen molar-refractivity contribution in [2.45, 2.75) is 58.5 Å². The van der Waals surface area contributed by atoms with E-state index in [0.717, 1.165) is 23.5 Å². The van der Waals surface area contributed by atoms with Crippen LogP contribution < -0.4 is 5.32 Å². The first kappa shape index (κ1) is 16.8. The summed E-state index contributed by atoms with van der Waals surface area (Å²) in [5, 5.41) is 3.58. The summed E-state index contributed by atoms with van der Waals surface area (Å²) in [5.41, 5.74) is 1.07. The van der Waals surface area contributed by atoms with Gasteiger partial charge in [-0.2, -0.15) is 0 Å². The van der Waals surface area contributed by atoms with Crippen LogP contribution in [0.1, 0.15) is 57.2 Å². The van der Waals surface area contributed by atoms with Crippen LogP contribution in [0.5, 0.6) is 0 Å². The third-order valence-electron chi connectivity index (χ3n) is 4.13. The predicted molar refractivity (Wildman–Crippen MR) is 88.5 cm³/mol. The zero-order valence-electron chi connectivity index (χ0n) is 14.1. The first-order chi connectivity index (χ1) is 10.3. The molecule has 1 aromatic heterocycles. The molecule has 0 fully saturated rings. The van der Waals surface area contributed by atoms with E-state index in [2.05, 4.69) is 39.1 Å². The van der Waals surface area contributed by atoms with Crippen LogP contribution in [0.2, 0.25) is 0 Å². The SMILES string of the molecule is Cc1ccc(C(C)(C)CC(C)NC(C)c2ccc(F)cc2)o1. The first-order valence-corrected chi connectivity index (χ1v) is 7.86. The maximum absolute atomic E-state index is 13.0. The molecule has 3 heteroatoms. The summed E-state index contributed by atoms with van der Waals surface area (Å²) in [4.78, 5) is 0. The average molecular weight is 303 g/mol. The molecule has 2 aromatic rings. The second-order valence-corrected chi connectivity index (χ2v) is 6.84. The van der Waals surface area contributed by atoms with Gasteiger partial charge in [-0.05, 0) is 57.0 Å². The first-order valence-electron chi connectivity index (χ1n) is 7.86. The number of hydrogen-bond donors (Lipinski definition) is 1. The van der Waals surface area contributed by atoms with Crippen molar-refractivity contribution in [3.8, 4) is 0 Å². The van der Waals surface area contributed by atoms with Gasteiger partial charge in [0.15, 0.2) is 0 Å². The van der Waals surface area contributed by atoms with Crippen molar-refractivity contribution in [2.75, 3.05) is 0 Å². The average Bonchev–Trinajstić information content (AvgIpc) is 2.86. The monoisotopic (exact) mass is 303 g/mol. The van der Waals surface area contributed by atoms with Crippen LogP contribution in [0.4, 0.5) is 4.39 Å². The Hall–Kier alpha value is -1.61. The van der Waals surface area contributed by atoms with E-state index in [1.54, 1.807) is 0 Å². The molecule has 0 aliphatic carbocycles. The molecule has 2 unspecified atom stereocenters. The van der Waals surface area contributed by atoms with Crippen molar-refractivity contribution in [3.05, 3.63) is 59.3 Å². The van der Waals surface area contributed by atoms with E-state index in [4.69, 9.17) is 4.42 Å². The molecule has 0 amide bonds. The van der Waals surface area contributed by atoms with E-state index in [-0.39, 0.29) is 17.3 Å². The van der Waals surface area contributed by atoms with Gasteiger partial charge in [0.1, 0.15) is 17.3 Å². The fraction of sp³-hybridized carbons (Fsp3) is 0.474. The van der Waals surface area contributed by atoms with Gasteiger partial charge in [-0.15, -0.1) is 0 Å². The largest absolute Gasteiger partial charge is 0.466 e. The molecule has 0 aliphatic rings. The zero-order valence-corrected chi connectivity index (χ0v) is 14.1. The molecule has 0 radical (unpaired) electrons. The quantitative estimate of drug-likeness (QED) is 0.800. The van der Waals surface area contributed by atoms with Crippen LogP contribution in [-0.2, 0) is 5.41 Å². The summed E-state index contributed by atoms with van der Waals surface area (Å²) in [5.74, 6) is 1.77. The molecule has 0 bridgehead atoms. The lowest BCUT2D eigenvalue weighted by Crippen LogP contribution is -2.34. The van der Waals surface area contributed by atoms with Crippen LogP contribution >= 0.6 is 0 Å². The number of furan rings is 1. The Morgan fingerprint density at radius 1 is 1.09 bits per heavy atom. The van der Waals surface area contributed by atoms with Crippen molar-refractivity contribution < 1.29 is 8.81 Å². The third-order valence-corrected chi connectivity index (χ3v) is 4.13. The van der Waals surface area contributed by atoms with E-state index in [1.165, 1.54) is 12.1 Å². The van der Waals surface area contributed by atoms with Crippen molar-refractivity contribution in [1.29, 1.82) is 0 Å². The summed E-state index contributed by atoms with van der Waals surface area (Å²) < 4.78 is 18.8. The van der Waals surface area contributed by atoms with E-state index in [0.29, 0.717) is 6.04 Å². The van der Waals surface area contributed by atoms with Crippen LogP contribution in [0.15, 0.2) is 40.8 Å². The Labute approximate surface area is 132 Å². The van der Waals surface area contributed by atoms with E-state index in [9.17, 15) is 4.39 Å². The number of aryl methyl sites for hydroxylation is 1. The van der Waals surface area contributed by atoms with Crippen LogP contribution in [0.25, 0.3) is 0 Å². The summed E-state index contributed by atoms with van der Waals surface area (Å²) in [6.45, 7) is 10.7. The molecule has 120 valence electrons. The highest BCUT2D eigenvalue weighted by atomic mass is 19.1. The Morgan fingerprint density at radius 2 is 1.73 bits per heavy atom. The minimum absolute atomic E-state index is 0.0246. The van der Waals surface area contributed by atoms with Crippen LogP contribution in [0.3, 0.4) is 0 Å². The summed E-state index contributed by atoms with van der Waals surface area (Å²) >= 11 is 0. The smallest absolute Gasteiger partial charge is 0.123 e. The zero-order chi connectivity index (χ0) is 16.3. The van der Waals surface area contributed by atoms with E-state index in [1.807, 2.05) is 25.1 Å². The number of benzene rings is 1. The molecule has 0 spiro atoms. The molecular formula is C19H26FNO. The lowest BCUT2D eigenvalue weighted by molar-refractivity contribution is 0.310. The van der Waals surface area contributed by atoms with Crippen molar-refractivity contribution in [3.63, 3.8) is 0 Å².